The van der Waals surface area contributed by atoms with Crippen LogP contribution in [0.25, 0.3) is 21.0 Å². The van der Waals surface area contributed by atoms with Crippen LogP contribution in [0.2, 0.25) is 0 Å². The van der Waals surface area contributed by atoms with E-state index in [0.717, 1.165) is 16.0 Å². The molecule has 2 heterocycles. The van der Waals surface area contributed by atoms with Crippen molar-refractivity contribution in [1.29, 1.82) is 0 Å². The summed E-state index contributed by atoms with van der Waals surface area (Å²) in [5.74, 6) is 0. The maximum absolute atomic E-state index is 14.0. The molecule has 144 valence electrons. The van der Waals surface area contributed by atoms with Gasteiger partial charge in [-0.3, -0.25) is 4.79 Å². The average molecular weight is 405 g/mol. The largest absolute Gasteiger partial charge is 0.424 e. The van der Waals surface area contributed by atoms with Crippen LogP contribution < -0.4 is 5.56 Å². The number of hydrogen-bond acceptors (Lipinski definition) is 5. The topological polar surface area (TPSA) is 68.0 Å². The van der Waals surface area contributed by atoms with Crippen LogP contribution in [0.4, 0.5) is 13.2 Å². The number of thiazole rings is 1. The first-order chi connectivity index (χ1) is 13.2. The second kappa shape index (κ2) is 6.39. The van der Waals surface area contributed by atoms with Crippen LogP contribution in [-0.2, 0) is 19.1 Å². The summed E-state index contributed by atoms with van der Waals surface area (Å²) in [6.45, 7) is 0. The van der Waals surface area contributed by atoms with E-state index in [1.165, 1.54) is 19.2 Å². The van der Waals surface area contributed by atoms with Gasteiger partial charge in [0.2, 0.25) is 5.60 Å². The molecule has 0 fully saturated rings. The predicted molar refractivity (Wildman–Crippen MR) is 100 cm³/mol. The first kappa shape index (κ1) is 18.6. The van der Waals surface area contributed by atoms with E-state index < -0.39 is 28.8 Å². The van der Waals surface area contributed by atoms with Gasteiger partial charge in [-0.25, -0.2) is 9.67 Å². The summed E-state index contributed by atoms with van der Waals surface area (Å²) in [5.41, 5.74) is -3.31. The molecule has 0 amide bonds. The Morgan fingerprint density at radius 3 is 2.39 bits per heavy atom. The Morgan fingerprint density at radius 1 is 1.07 bits per heavy atom. The van der Waals surface area contributed by atoms with E-state index in [9.17, 15) is 23.1 Å². The van der Waals surface area contributed by atoms with Crippen LogP contribution >= 0.6 is 11.3 Å². The second-order valence-corrected chi connectivity index (χ2v) is 7.47. The molecule has 2 aromatic heterocycles. The average Bonchev–Trinajstić information content (AvgIpc) is 3.09. The summed E-state index contributed by atoms with van der Waals surface area (Å²) >= 11 is 0.786. The Labute approximate surface area is 160 Å². The Kier molecular flexibility index (Phi) is 4.24. The number of alkyl halides is 3. The lowest BCUT2D eigenvalue weighted by atomic mass is 9.95. The highest BCUT2D eigenvalue weighted by Gasteiger charge is 2.57. The van der Waals surface area contributed by atoms with Crippen LogP contribution in [0, 0.1) is 0 Å². The van der Waals surface area contributed by atoms with Crippen molar-refractivity contribution in [2.45, 2.75) is 18.2 Å². The van der Waals surface area contributed by atoms with Gasteiger partial charge in [0.25, 0.3) is 5.56 Å². The summed E-state index contributed by atoms with van der Waals surface area (Å²) < 4.78 is 43.5. The Hall–Kier alpha value is -2.78. The number of aromatic nitrogens is 3. The van der Waals surface area contributed by atoms with Crippen molar-refractivity contribution in [2.75, 3.05) is 0 Å². The molecule has 0 bridgehead atoms. The summed E-state index contributed by atoms with van der Waals surface area (Å²) in [4.78, 5) is 16.3. The molecule has 0 saturated heterocycles. The molecular weight excluding hydrogens is 391 g/mol. The minimum Gasteiger partial charge on any atom is -0.374 e. The highest BCUT2D eigenvalue weighted by molar-refractivity contribution is 7.18. The number of benzene rings is 2. The molecule has 5 nitrogen and oxygen atoms in total. The summed E-state index contributed by atoms with van der Waals surface area (Å²) in [7, 11) is 1.36. The van der Waals surface area contributed by atoms with Gasteiger partial charge in [0.05, 0.1) is 21.3 Å². The first-order valence-electron chi connectivity index (χ1n) is 8.31. The summed E-state index contributed by atoms with van der Waals surface area (Å²) in [6.07, 6.45) is -5.84. The molecule has 1 unspecified atom stereocenters. The normalized spacial score (nSPS) is 14.5. The minimum atomic E-state index is -4.99. The van der Waals surface area contributed by atoms with Gasteiger partial charge in [0.15, 0.2) is 0 Å². The van der Waals surface area contributed by atoms with Crippen molar-refractivity contribution in [3.8, 4) is 0 Å². The van der Waals surface area contributed by atoms with E-state index in [2.05, 4.69) is 10.1 Å². The van der Waals surface area contributed by atoms with Gasteiger partial charge in [0, 0.05) is 18.9 Å². The number of halogens is 3. The van der Waals surface area contributed by atoms with Crippen LogP contribution in [0.15, 0.2) is 53.3 Å². The monoisotopic (exact) mass is 405 g/mol. The maximum atomic E-state index is 14.0. The van der Waals surface area contributed by atoms with Crippen LogP contribution in [0.3, 0.4) is 0 Å². The lowest BCUT2D eigenvalue weighted by Gasteiger charge is -2.28. The number of fused-ring (bicyclic) bond motifs is 2. The molecule has 4 rings (SSSR count). The molecule has 1 atom stereocenters. The zero-order valence-electron chi connectivity index (χ0n) is 14.6. The van der Waals surface area contributed by atoms with Crippen LogP contribution in [-0.4, -0.2) is 26.0 Å². The Morgan fingerprint density at radius 2 is 1.71 bits per heavy atom. The molecule has 0 aliphatic carbocycles. The molecule has 0 radical (unpaired) electrons. The number of hydrogen-bond donors (Lipinski definition) is 1. The molecule has 0 spiro atoms. The molecule has 28 heavy (non-hydrogen) atoms. The van der Waals surface area contributed by atoms with Crippen LogP contribution in [0.1, 0.15) is 10.7 Å². The lowest BCUT2D eigenvalue weighted by Crippen LogP contribution is -2.44. The Bertz CT molecular complexity index is 1220. The number of aliphatic hydroxyl groups is 1. The molecule has 4 aromatic rings. The quantitative estimate of drug-likeness (QED) is 0.566. The van der Waals surface area contributed by atoms with E-state index in [1.54, 1.807) is 36.4 Å². The maximum Gasteiger partial charge on any atom is 0.424 e. The van der Waals surface area contributed by atoms with Gasteiger partial charge in [0.1, 0.15) is 5.01 Å². The van der Waals surface area contributed by atoms with Gasteiger partial charge in [-0.1, -0.05) is 30.3 Å². The van der Waals surface area contributed by atoms with E-state index >= 15 is 0 Å². The van der Waals surface area contributed by atoms with Gasteiger partial charge in [-0.05, 0) is 18.2 Å². The van der Waals surface area contributed by atoms with Crippen molar-refractivity contribution >= 4 is 32.3 Å². The second-order valence-electron chi connectivity index (χ2n) is 6.44. The minimum absolute atomic E-state index is 0.0308. The molecule has 0 aliphatic rings. The molecule has 0 aliphatic heterocycles. The van der Waals surface area contributed by atoms with E-state index in [0.29, 0.717) is 10.2 Å². The fraction of sp³-hybridized carbons (Fsp3) is 0.211. The zero-order valence-corrected chi connectivity index (χ0v) is 15.4. The third-order valence-corrected chi connectivity index (χ3v) is 5.76. The third-order valence-electron chi connectivity index (χ3n) is 4.57. The lowest BCUT2D eigenvalue weighted by molar-refractivity contribution is -0.266. The third kappa shape index (κ3) is 2.87. The number of nitrogens with zero attached hydrogens (tertiary/aromatic N) is 3. The molecular formula is C19H14F3N3O2S. The zero-order chi connectivity index (χ0) is 20.1. The SMILES string of the molecule is Cn1nc(CC(O)(c2nc3ccccc3s2)C(F)(F)F)c2ccccc2c1=O. The standard InChI is InChI=1S/C19H14F3N3O2S/c1-25-16(26)12-7-3-2-6-11(12)14(24-25)10-18(27,19(20,21)22)17-23-13-8-4-5-9-15(13)28-17/h2-9,27H,10H2,1H3. The summed E-state index contributed by atoms with van der Waals surface area (Å²) in [6, 6.07) is 12.9. The highest BCUT2D eigenvalue weighted by atomic mass is 32.1. The number of aryl methyl sites for hydroxylation is 1. The van der Waals surface area contributed by atoms with Gasteiger partial charge in [-0.15, -0.1) is 11.3 Å². The van der Waals surface area contributed by atoms with Crippen molar-refractivity contribution < 1.29 is 18.3 Å². The molecule has 2 aromatic carbocycles. The van der Waals surface area contributed by atoms with Crippen molar-refractivity contribution in [3.05, 3.63) is 69.6 Å². The van der Waals surface area contributed by atoms with E-state index in [-0.39, 0.29) is 16.5 Å². The van der Waals surface area contributed by atoms with Crippen molar-refractivity contribution in [1.82, 2.24) is 14.8 Å². The summed E-state index contributed by atoms with van der Waals surface area (Å²) in [5, 5.41) is 14.8. The smallest absolute Gasteiger partial charge is 0.374 e. The number of rotatable bonds is 3. The number of para-hydroxylation sites is 1. The van der Waals surface area contributed by atoms with Crippen molar-refractivity contribution in [2.24, 2.45) is 7.05 Å². The molecule has 1 N–H and O–H groups in total. The molecule has 0 saturated carbocycles. The predicted octanol–water partition coefficient (Wildman–Crippen LogP) is 3.54. The molecule has 9 heteroatoms. The van der Waals surface area contributed by atoms with E-state index in [1.807, 2.05) is 0 Å². The highest BCUT2D eigenvalue weighted by Crippen LogP contribution is 2.44. The van der Waals surface area contributed by atoms with Crippen molar-refractivity contribution in [3.63, 3.8) is 0 Å². The first-order valence-corrected chi connectivity index (χ1v) is 9.12. The van der Waals surface area contributed by atoms with Crippen LogP contribution in [0.5, 0.6) is 0 Å². The van der Waals surface area contributed by atoms with Gasteiger partial charge < -0.3 is 5.11 Å². The fourth-order valence-electron chi connectivity index (χ4n) is 3.10. The fourth-order valence-corrected chi connectivity index (χ4v) is 4.17. The van der Waals surface area contributed by atoms with Gasteiger partial charge in [-0.2, -0.15) is 18.3 Å². The Balaban J connectivity index is 1.92. The van der Waals surface area contributed by atoms with Gasteiger partial charge >= 0.3 is 6.18 Å². The van der Waals surface area contributed by atoms with E-state index in [4.69, 9.17) is 0 Å².